The topological polar surface area (TPSA) is 41.6 Å². The maximum Gasteiger partial charge on any atom is 0.292 e. The Kier molecular flexibility index (Phi) is 3.22. The van der Waals surface area contributed by atoms with Crippen LogP contribution in [0.3, 0.4) is 0 Å². The fourth-order valence-electron chi connectivity index (χ4n) is 2.86. The lowest BCUT2D eigenvalue weighted by molar-refractivity contribution is -0.129. The number of morpholine rings is 1. The maximum atomic E-state index is 14.0. The predicted molar refractivity (Wildman–Crippen MR) is 73.8 cm³/mol. The standard InChI is InChI=1S/C15H17FN2O2/c1-11-14(19)18(13-5-3-2-4-12(13)16)10-15(20-11)6-8-17-9-7-15/h2-5,17H,1,6-10H2. The molecule has 4 nitrogen and oxygen atoms in total. The van der Waals surface area contributed by atoms with E-state index in [1.807, 2.05) is 0 Å². The highest BCUT2D eigenvalue weighted by Gasteiger charge is 2.44. The average molecular weight is 276 g/mol. The Bertz CT molecular complexity index is 553. The van der Waals surface area contributed by atoms with Gasteiger partial charge in [0, 0.05) is 12.8 Å². The van der Waals surface area contributed by atoms with Crippen LogP contribution in [0.1, 0.15) is 12.8 Å². The number of hydrogen-bond donors (Lipinski definition) is 1. The number of piperidine rings is 1. The number of hydrogen-bond acceptors (Lipinski definition) is 3. The number of anilines is 1. The highest BCUT2D eigenvalue weighted by Crippen LogP contribution is 2.35. The fraction of sp³-hybridized carbons (Fsp3) is 0.400. The van der Waals surface area contributed by atoms with Crippen LogP contribution in [0, 0.1) is 5.82 Å². The summed E-state index contributed by atoms with van der Waals surface area (Å²) < 4.78 is 19.7. The van der Waals surface area contributed by atoms with E-state index < -0.39 is 11.4 Å². The van der Waals surface area contributed by atoms with Gasteiger partial charge in [0.15, 0.2) is 5.76 Å². The van der Waals surface area contributed by atoms with Crippen LogP contribution < -0.4 is 10.2 Å². The molecule has 2 fully saturated rings. The lowest BCUT2D eigenvalue weighted by Crippen LogP contribution is -2.57. The van der Waals surface area contributed by atoms with Crippen molar-refractivity contribution in [1.82, 2.24) is 5.32 Å². The molecule has 1 aromatic rings. The molecule has 1 N–H and O–H groups in total. The Labute approximate surface area is 117 Å². The molecule has 0 bridgehead atoms. The molecular weight excluding hydrogens is 259 g/mol. The van der Waals surface area contributed by atoms with E-state index in [2.05, 4.69) is 11.9 Å². The summed E-state index contributed by atoms with van der Waals surface area (Å²) in [6, 6.07) is 6.30. The molecular formula is C15H17FN2O2. The summed E-state index contributed by atoms with van der Waals surface area (Å²) in [6.45, 7) is 5.71. The van der Waals surface area contributed by atoms with E-state index in [4.69, 9.17) is 4.74 Å². The minimum absolute atomic E-state index is 0.0985. The van der Waals surface area contributed by atoms with E-state index in [1.54, 1.807) is 18.2 Å². The van der Waals surface area contributed by atoms with E-state index in [1.165, 1.54) is 11.0 Å². The molecule has 0 atom stereocenters. The summed E-state index contributed by atoms with van der Waals surface area (Å²) in [6.07, 6.45) is 1.56. The van der Waals surface area contributed by atoms with Gasteiger partial charge in [-0.15, -0.1) is 0 Å². The summed E-state index contributed by atoms with van der Waals surface area (Å²) in [5.74, 6) is -0.666. The van der Waals surface area contributed by atoms with Gasteiger partial charge in [0.05, 0.1) is 12.2 Å². The number of amides is 1. The van der Waals surface area contributed by atoms with Gasteiger partial charge < -0.3 is 10.1 Å². The van der Waals surface area contributed by atoms with Crippen molar-refractivity contribution < 1.29 is 13.9 Å². The van der Waals surface area contributed by atoms with E-state index in [0.717, 1.165) is 25.9 Å². The number of ether oxygens (including phenoxy) is 1. The number of rotatable bonds is 1. The monoisotopic (exact) mass is 276 g/mol. The zero-order valence-corrected chi connectivity index (χ0v) is 11.2. The van der Waals surface area contributed by atoms with Crippen LogP contribution in [0.2, 0.25) is 0 Å². The molecule has 5 heteroatoms. The zero-order valence-electron chi connectivity index (χ0n) is 11.2. The number of benzene rings is 1. The Morgan fingerprint density at radius 3 is 2.70 bits per heavy atom. The van der Waals surface area contributed by atoms with Crippen LogP contribution in [-0.2, 0) is 9.53 Å². The first-order chi connectivity index (χ1) is 9.61. The van der Waals surface area contributed by atoms with E-state index >= 15 is 0 Å². The highest BCUT2D eigenvalue weighted by atomic mass is 19.1. The first-order valence-corrected chi connectivity index (χ1v) is 6.76. The number of para-hydroxylation sites is 1. The lowest BCUT2D eigenvalue weighted by atomic mass is 9.89. The smallest absolute Gasteiger partial charge is 0.292 e. The van der Waals surface area contributed by atoms with Gasteiger partial charge in [-0.3, -0.25) is 9.69 Å². The molecule has 106 valence electrons. The van der Waals surface area contributed by atoms with Gasteiger partial charge in [0.25, 0.3) is 5.91 Å². The molecule has 1 aromatic carbocycles. The molecule has 0 unspecified atom stereocenters. The SMILES string of the molecule is C=C1OC2(CCNCC2)CN(c2ccccc2F)C1=O. The molecule has 2 aliphatic rings. The molecule has 0 radical (unpaired) electrons. The molecule has 0 saturated carbocycles. The van der Waals surface area contributed by atoms with Crippen molar-refractivity contribution in [3.8, 4) is 0 Å². The van der Waals surface area contributed by atoms with Crippen molar-refractivity contribution in [2.45, 2.75) is 18.4 Å². The number of halogens is 1. The van der Waals surface area contributed by atoms with Crippen molar-refractivity contribution in [3.63, 3.8) is 0 Å². The summed E-state index contributed by atoms with van der Waals surface area (Å²) in [5, 5.41) is 3.26. The summed E-state index contributed by atoms with van der Waals surface area (Å²) in [7, 11) is 0. The van der Waals surface area contributed by atoms with Gasteiger partial charge in [-0.05, 0) is 25.2 Å². The normalized spacial score (nSPS) is 21.9. The van der Waals surface area contributed by atoms with Crippen molar-refractivity contribution in [1.29, 1.82) is 0 Å². The van der Waals surface area contributed by atoms with E-state index in [9.17, 15) is 9.18 Å². The average Bonchev–Trinajstić information content (AvgIpc) is 2.45. The Morgan fingerprint density at radius 1 is 1.30 bits per heavy atom. The molecule has 2 saturated heterocycles. The number of nitrogens with one attached hydrogen (secondary N) is 1. The number of nitrogens with zero attached hydrogens (tertiary/aromatic N) is 1. The molecule has 1 amide bonds. The molecule has 1 spiro atoms. The first kappa shape index (κ1) is 13.1. The maximum absolute atomic E-state index is 14.0. The van der Waals surface area contributed by atoms with Crippen molar-refractivity contribution in [3.05, 3.63) is 42.4 Å². The molecule has 2 aliphatic heterocycles. The summed E-state index contributed by atoms with van der Waals surface area (Å²) in [4.78, 5) is 13.7. The van der Waals surface area contributed by atoms with Crippen LogP contribution in [0.4, 0.5) is 10.1 Å². The lowest BCUT2D eigenvalue weighted by Gasteiger charge is -2.45. The third-order valence-electron chi connectivity index (χ3n) is 3.93. The molecule has 2 heterocycles. The minimum atomic E-state index is -0.446. The van der Waals surface area contributed by atoms with Crippen molar-refractivity contribution >= 4 is 11.6 Å². The molecule has 3 rings (SSSR count). The van der Waals surface area contributed by atoms with Crippen molar-refractivity contribution in [2.24, 2.45) is 0 Å². The van der Waals surface area contributed by atoms with E-state index in [-0.39, 0.29) is 11.7 Å². The Morgan fingerprint density at radius 2 is 2.00 bits per heavy atom. The second-order valence-electron chi connectivity index (χ2n) is 5.30. The van der Waals surface area contributed by atoms with Gasteiger partial charge in [-0.2, -0.15) is 0 Å². The largest absolute Gasteiger partial charge is 0.480 e. The number of carbonyl (C=O) groups excluding carboxylic acids is 1. The van der Waals surface area contributed by atoms with Crippen LogP contribution in [0.25, 0.3) is 0 Å². The van der Waals surface area contributed by atoms with Gasteiger partial charge in [-0.1, -0.05) is 18.7 Å². The first-order valence-electron chi connectivity index (χ1n) is 6.76. The van der Waals surface area contributed by atoms with Gasteiger partial charge in [-0.25, -0.2) is 4.39 Å². The predicted octanol–water partition coefficient (Wildman–Crippen LogP) is 1.82. The van der Waals surface area contributed by atoms with Gasteiger partial charge in [0.1, 0.15) is 11.4 Å². The highest BCUT2D eigenvalue weighted by molar-refractivity contribution is 6.04. The Balaban J connectivity index is 1.95. The third kappa shape index (κ3) is 2.18. The van der Waals surface area contributed by atoms with Crippen LogP contribution in [0.15, 0.2) is 36.6 Å². The molecule has 20 heavy (non-hydrogen) atoms. The van der Waals surface area contributed by atoms with Gasteiger partial charge in [0.2, 0.25) is 0 Å². The quantitative estimate of drug-likeness (QED) is 0.796. The minimum Gasteiger partial charge on any atom is -0.480 e. The fourth-order valence-corrected chi connectivity index (χ4v) is 2.86. The third-order valence-corrected chi connectivity index (χ3v) is 3.93. The number of carbonyl (C=O) groups is 1. The molecule has 0 aromatic heterocycles. The van der Waals surface area contributed by atoms with Crippen LogP contribution in [0.5, 0.6) is 0 Å². The van der Waals surface area contributed by atoms with Crippen molar-refractivity contribution in [2.75, 3.05) is 24.5 Å². The summed E-state index contributed by atoms with van der Waals surface area (Å²) >= 11 is 0. The molecule has 0 aliphatic carbocycles. The Hall–Kier alpha value is -1.88. The second-order valence-corrected chi connectivity index (χ2v) is 5.30. The van der Waals surface area contributed by atoms with Gasteiger partial charge >= 0.3 is 0 Å². The van der Waals surface area contributed by atoms with Crippen LogP contribution >= 0.6 is 0 Å². The van der Waals surface area contributed by atoms with Crippen LogP contribution in [-0.4, -0.2) is 31.1 Å². The second kappa shape index (κ2) is 4.90. The van der Waals surface area contributed by atoms with E-state index in [0.29, 0.717) is 12.2 Å². The summed E-state index contributed by atoms with van der Waals surface area (Å²) in [5.41, 5.74) is -0.154. The zero-order chi connectivity index (χ0) is 14.2.